The summed E-state index contributed by atoms with van der Waals surface area (Å²) in [5.41, 5.74) is 1.28. The zero-order valence-electron chi connectivity index (χ0n) is 8.32. The van der Waals surface area contributed by atoms with Crippen LogP contribution in [0, 0.1) is 0 Å². The molecule has 0 aromatic carbocycles. The smallest absolute Gasteiger partial charge is 0.188 e. The predicted octanol–water partition coefficient (Wildman–Crippen LogP) is 1.44. The Hall–Kier alpha value is -1.42. The van der Waals surface area contributed by atoms with Crippen LogP contribution in [0.4, 0.5) is 0 Å². The molecule has 1 heterocycles. The molecule has 14 heavy (non-hydrogen) atoms. The number of aldehydes is 1. The van der Waals surface area contributed by atoms with Crippen molar-refractivity contribution in [1.29, 1.82) is 0 Å². The van der Waals surface area contributed by atoms with E-state index in [0.29, 0.717) is 11.3 Å². The van der Waals surface area contributed by atoms with Crippen molar-refractivity contribution in [3.8, 4) is 5.75 Å². The fourth-order valence-corrected chi connectivity index (χ4v) is 1.14. The average Bonchev–Trinajstić information content (AvgIpc) is 2.25. The van der Waals surface area contributed by atoms with E-state index in [-0.39, 0.29) is 6.79 Å². The molecule has 0 amide bonds. The summed E-state index contributed by atoms with van der Waals surface area (Å²) >= 11 is 0. The quantitative estimate of drug-likeness (QED) is 0.527. The highest BCUT2D eigenvalue weighted by molar-refractivity contribution is 5.79. The molecule has 0 unspecified atom stereocenters. The first kappa shape index (κ1) is 10.7. The minimum atomic E-state index is 0.125. The van der Waals surface area contributed by atoms with Crippen LogP contribution in [0.25, 0.3) is 0 Å². The fourth-order valence-electron chi connectivity index (χ4n) is 1.14. The first-order valence-electron chi connectivity index (χ1n) is 4.38. The third-order valence-corrected chi connectivity index (χ3v) is 1.79. The van der Waals surface area contributed by atoms with E-state index < -0.39 is 0 Å². The van der Waals surface area contributed by atoms with Gasteiger partial charge < -0.3 is 9.47 Å². The molecule has 0 aliphatic carbocycles. The van der Waals surface area contributed by atoms with E-state index in [9.17, 15) is 4.79 Å². The molecule has 0 radical (unpaired) electrons. The second-order valence-electron chi connectivity index (χ2n) is 2.70. The van der Waals surface area contributed by atoms with Crippen molar-refractivity contribution in [3.63, 3.8) is 0 Å². The second-order valence-corrected chi connectivity index (χ2v) is 2.70. The predicted molar refractivity (Wildman–Crippen MR) is 51.5 cm³/mol. The highest BCUT2D eigenvalue weighted by Crippen LogP contribution is 2.20. The van der Waals surface area contributed by atoms with Crippen LogP contribution < -0.4 is 4.74 Å². The van der Waals surface area contributed by atoms with Crippen LogP contribution in [0.2, 0.25) is 0 Å². The van der Waals surface area contributed by atoms with Gasteiger partial charge in [0, 0.05) is 13.3 Å². The summed E-state index contributed by atoms with van der Waals surface area (Å²) < 4.78 is 10.1. The summed E-state index contributed by atoms with van der Waals surface area (Å²) in [7, 11) is 1.53. The van der Waals surface area contributed by atoms with E-state index in [1.807, 2.05) is 6.92 Å². The normalized spacial score (nSPS) is 9.86. The molecule has 0 bridgehead atoms. The van der Waals surface area contributed by atoms with Gasteiger partial charge in [-0.05, 0) is 12.5 Å². The monoisotopic (exact) mass is 195 g/mol. The van der Waals surface area contributed by atoms with Crippen LogP contribution in [0.1, 0.15) is 23.0 Å². The molecule has 4 heteroatoms. The molecule has 76 valence electrons. The van der Waals surface area contributed by atoms with Crippen molar-refractivity contribution in [2.45, 2.75) is 13.3 Å². The van der Waals surface area contributed by atoms with Crippen LogP contribution in [0.3, 0.4) is 0 Å². The van der Waals surface area contributed by atoms with E-state index >= 15 is 0 Å². The SMILES string of the molecule is CCc1nccc(C=O)c1OCOC. The highest BCUT2D eigenvalue weighted by Gasteiger charge is 2.08. The lowest BCUT2D eigenvalue weighted by Crippen LogP contribution is -2.05. The molecule has 0 aliphatic rings. The first-order chi connectivity index (χ1) is 6.83. The maximum atomic E-state index is 10.7. The molecule has 4 nitrogen and oxygen atoms in total. The Balaban J connectivity index is 2.99. The van der Waals surface area contributed by atoms with Gasteiger partial charge in [0.25, 0.3) is 0 Å². The van der Waals surface area contributed by atoms with Gasteiger partial charge in [0.15, 0.2) is 18.8 Å². The summed E-state index contributed by atoms with van der Waals surface area (Å²) in [6.45, 7) is 2.08. The molecular formula is C10H13NO3. The second kappa shape index (κ2) is 5.34. The summed E-state index contributed by atoms with van der Waals surface area (Å²) in [5, 5.41) is 0. The van der Waals surface area contributed by atoms with Gasteiger partial charge in [-0.1, -0.05) is 6.92 Å². The zero-order valence-corrected chi connectivity index (χ0v) is 8.32. The molecule has 1 aromatic heterocycles. The number of rotatable bonds is 5. The third kappa shape index (κ3) is 2.29. The Kier molecular flexibility index (Phi) is 4.07. The number of carbonyl (C=O) groups is 1. The van der Waals surface area contributed by atoms with Crippen LogP contribution in [-0.2, 0) is 11.2 Å². The number of aryl methyl sites for hydroxylation is 1. The Morgan fingerprint density at radius 1 is 1.57 bits per heavy atom. The van der Waals surface area contributed by atoms with Crippen molar-refractivity contribution in [1.82, 2.24) is 4.98 Å². The number of ether oxygens (including phenoxy) is 2. The molecule has 0 saturated carbocycles. The largest absolute Gasteiger partial charge is 0.465 e. The minimum absolute atomic E-state index is 0.125. The number of carbonyl (C=O) groups excluding carboxylic acids is 1. The van der Waals surface area contributed by atoms with Gasteiger partial charge in [-0.2, -0.15) is 0 Å². The van der Waals surface area contributed by atoms with Gasteiger partial charge in [-0.25, -0.2) is 0 Å². The van der Waals surface area contributed by atoms with E-state index in [1.165, 1.54) is 7.11 Å². The van der Waals surface area contributed by atoms with Gasteiger partial charge in [0.1, 0.15) is 0 Å². The maximum Gasteiger partial charge on any atom is 0.188 e. The molecular weight excluding hydrogens is 182 g/mol. The van der Waals surface area contributed by atoms with E-state index in [0.717, 1.165) is 18.4 Å². The van der Waals surface area contributed by atoms with E-state index in [1.54, 1.807) is 12.3 Å². The van der Waals surface area contributed by atoms with Gasteiger partial charge in [0.05, 0.1) is 11.3 Å². The van der Waals surface area contributed by atoms with Crippen molar-refractivity contribution in [3.05, 3.63) is 23.5 Å². The zero-order chi connectivity index (χ0) is 10.4. The summed E-state index contributed by atoms with van der Waals surface area (Å²) in [6.07, 6.45) is 3.08. The van der Waals surface area contributed by atoms with E-state index in [4.69, 9.17) is 9.47 Å². The number of pyridine rings is 1. The van der Waals surface area contributed by atoms with Crippen molar-refractivity contribution < 1.29 is 14.3 Å². The van der Waals surface area contributed by atoms with E-state index in [2.05, 4.69) is 4.98 Å². The van der Waals surface area contributed by atoms with Gasteiger partial charge in [-0.3, -0.25) is 9.78 Å². The average molecular weight is 195 g/mol. The Morgan fingerprint density at radius 3 is 2.93 bits per heavy atom. The summed E-state index contributed by atoms with van der Waals surface area (Å²) in [6, 6.07) is 1.62. The van der Waals surface area contributed by atoms with Crippen molar-refractivity contribution in [2.24, 2.45) is 0 Å². The van der Waals surface area contributed by atoms with Crippen LogP contribution in [0.5, 0.6) is 5.75 Å². The van der Waals surface area contributed by atoms with Gasteiger partial charge in [-0.15, -0.1) is 0 Å². The van der Waals surface area contributed by atoms with Crippen LogP contribution >= 0.6 is 0 Å². The molecule has 0 aliphatic heterocycles. The lowest BCUT2D eigenvalue weighted by molar-refractivity contribution is 0.0495. The summed E-state index contributed by atoms with van der Waals surface area (Å²) in [5.74, 6) is 0.520. The molecule has 0 N–H and O–H groups in total. The Morgan fingerprint density at radius 2 is 2.36 bits per heavy atom. The van der Waals surface area contributed by atoms with Gasteiger partial charge in [0.2, 0.25) is 0 Å². The first-order valence-corrected chi connectivity index (χ1v) is 4.38. The topological polar surface area (TPSA) is 48.4 Å². The van der Waals surface area contributed by atoms with Crippen LogP contribution in [0.15, 0.2) is 12.3 Å². The van der Waals surface area contributed by atoms with Crippen molar-refractivity contribution >= 4 is 6.29 Å². The molecule has 0 spiro atoms. The molecule has 0 atom stereocenters. The number of methoxy groups -OCH3 is 1. The standard InChI is InChI=1S/C10H13NO3/c1-3-9-10(14-7-13-2)8(6-12)4-5-11-9/h4-6H,3,7H2,1-2H3. The van der Waals surface area contributed by atoms with Gasteiger partial charge >= 0.3 is 0 Å². The highest BCUT2D eigenvalue weighted by atomic mass is 16.7. The molecule has 0 saturated heterocycles. The molecule has 0 fully saturated rings. The number of hydrogen-bond donors (Lipinski definition) is 0. The number of nitrogens with zero attached hydrogens (tertiary/aromatic N) is 1. The Bertz CT molecular complexity index is 312. The molecule has 1 rings (SSSR count). The lowest BCUT2D eigenvalue weighted by Gasteiger charge is -2.10. The lowest BCUT2D eigenvalue weighted by atomic mass is 10.2. The van der Waals surface area contributed by atoms with Crippen LogP contribution in [-0.4, -0.2) is 25.2 Å². The molecule has 1 aromatic rings. The maximum absolute atomic E-state index is 10.7. The minimum Gasteiger partial charge on any atom is -0.465 e. The third-order valence-electron chi connectivity index (χ3n) is 1.79. The fraction of sp³-hybridized carbons (Fsp3) is 0.400. The summed E-state index contributed by atoms with van der Waals surface area (Å²) in [4.78, 5) is 14.8. The van der Waals surface area contributed by atoms with Crippen molar-refractivity contribution in [2.75, 3.05) is 13.9 Å². The number of aromatic nitrogens is 1. The number of hydrogen-bond acceptors (Lipinski definition) is 4. The Labute approximate surface area is 82.9 Å².